The zero-order valence-corrected chi connectivity index (χ0v) is 14.7. The quantitative estimate of drug-likeness (QED) is 0.701. The Morgan fingerprint density at radius 2 is 1.85 bits per heavy atom. The fraction of sp³-hybridized carbons (Fsp3) is 0.333. The second kappa shape index (κ2) is 9.36. The molecule has 8 heteroatoms. The maximum absolute atomic E-state index is 11.9. The van der Waals surface area contributed by atoms with Crippen LogP contribution < -0.4 is 10.6 Å². The van der Waals surface area contributed by atoms with Crippen LogP contribution in [0.3, 0.4) is 0 Å². The van der Waals surface area contributed by atoms with Gasteiger partial charge in [-0.2, -0.15) is 0 Å². The molecule has 2 rings (SSSR count). The molecule has 1 heterocycles. The number of hydrogen-bond acceptors (Lipinski definition) is 6. The number of esters is 1. The van der Waals surface area contributed by atoms with Crippen molar-refractivity contribution in [2.45, 2.75) is 33.1 Å². The van der Waals surface area contributed by atoms with Crippen molar-refractivity contribution in [1.82, 2.24) is 5.16 Å². The van der Waals surface area contributed by atoms with Crippen LogP contribution in [0.4, 0.5) is 11.5 Å². The average Bonchev–Trinajstić information content (AvgIpc) is 3.00. The molecule has 0 radical (unpaired) electrons. The van der Waals surface area contributed by atoms with Gasteiger partial charge < -0.3 is 19.9 Å². The molecule has 0 aliphatic rings. The number of para-hydroxylation sites is 1. The highest BCUT2D eigenvalue weighted by atomic mass is 16.5. The Bertz CT molecular complexity index is 785. The van der Waals surface area contributed by atoms with Gasteiger partial charge in [0.1, 0.15) is 5.76 Å². The highest BCUT2D eigenvalue weighted by Gasteiger charge is 2.11. The molecule has 0 aliphatic carbocycles. The monoisotopic (exact) mass is 359 g/mol. The van der Waals surface area contributed by atoms with Gasteiger partial charge in [-0.15, -0.1) is 0 Å². The highest BCUT2D eigenvalue weighted by molar-refractivity contribution is 5.92. The summed E-state index contributed by atoms with van der Waals surface area (Å²) in [5.74, 6) is -0.409. The molecular weight excluding hydrogens is 338 g/mol. The van der Waals surface area contributed by atoms with Crippen molar-refractivity contribution >= 4 is 29.3 Å². The molecule has 138 valence electrons. The average molecular weight is 359 g/mol. The first-order chi connectivity index (χ1) is 12.4. The minimum absolute atomic E-state index is 0.0531. The summed E-state index contributed by atoms with van der Waals surface area (Å²) in [5, 5.41) is 8.83. The third kappa shape index (κ3) is 6.39. The number of nitrogens with zero attached hydrogens (tertiary/aromatic N) is 1. The molecule has 8 nitrogen and oxygen atoms in total. The van der Waals surface area contributed by atoms with E-state index in [0.29, 0.717) is 12.2 Å². The Morgan fingerprint density at radius 3 is 2.54 bits per heavy atom. The normalized spacial score (nSPS) is 10.2. The Balaban J connectivity index is 1.61. The number of carbonyl (C=O) groups is 3. The molecule has 0 unspecified atom stereocenters. The Hall–Kier alpha value is -3.16. The van der Waals surface area contributed by atoms with Gasteiger partial charge in [0, 0.05) is 24.6 Å². The molecule has 0 bridgehead atoms. The number of carbonyl (C=O) groups excluding carboxylic acids is 3. The molecule has 0 fully saturated rings. The van der Waals surface area contributed by atoms with Gasteiger partial charge >= 0.3 is 5.97 Å². The summed E-state index contributed by atoms with van der Waals surface area (Å²) < 4.78 is 9.67. The Morgan fingerprint density at radius 1 is 1.08 bits per heavy atom. The van der Waals surface area contributed by atoms with Gasteiger partial charge in [-0.25, -0.2) is 0 Å². The first kappa shape index (κ1) is 19.2. The molecule has 0 saturated heterocycles. The molecule has 0 atom stereocenters. The number of aromatic nitrogens is 1. The molecule has 2 N–H and O–H groups in total. The second-order valence-corrected chi connectivity index (χ2v) is 5.75. The van der Waals surface area contributed by atoms with Crippen LogP contribution in [0.2, 0.25) is 0 Å². The largest absolute Gasteiger partial charge is 0.456 e. The smallest absolute Gasteiger partial charge is 0.306 e. The van der Waals surface area contributed by atoms with Crippen molar-refractivity contribution < 1.29 is 23.6 Å². The predicted octanol–water partition coefficient (Wildman–Crippen LogP) is 2.58. The molecule has 2 aromatic rings. The lowest BCUT2D eigenvalue weighted by Gasteiger charge is -2.08. The Kier molecular flexibility index (Phi) is 6.90. The first-order valence-electron chi connectivity index (χ1n) is 8.18. The van der Waals surface area contributed by atoms with Crippen LogP contribution in [0, 0.1) is 13.8 Å². The zero-order chi connectivity index (χ0) is 18.9. The lowest BCUT2D eigenvalue weighted by atomic mass is 10.2. The number of ether oxygens (including phenoxy) is 1. The van der Waals surface area contributed by atoms with Crippen molar-refractivity contribution in [1.29, 1.82) is 0 Å². The number of anilines is 2. The van der Waals surface area contributed by atoms with Gasteiger partial charge in [0.2, 0.25) is 5.91 Å². The van der Waals surface area contributed by atoms with E-state index in [1.165, 1.54) is 0 Å². The van der Waals surface area contributed by atoms with E-state index in [9.17, 15) is 14.4 Å². The van der Waals surface area contributed by atoms with E-state index in [1.807, 2.05) is 31.2 Å². The summed E-state index contributed by atoms with van der Waals surface area (Å²) in [7, 11) is 0. The van der Waals surface area contributed by atoms with Gasteiger partial charge in [0.15, 0.2) is 12.4 Å². The molecule has 26 heavy (non-hydrogen) atoms. The Labute approximate surface area is 150 Å². The third-order valence-electron chi connectivity index (χ3n) is 3.46. The van der Waals surface area contributed by atoms with E-state index >= 15 is 0 Å². The number of benzene rings is 1. The van der Waals surface area contributed by atoms with Crippen LogP contribution in [-0.2, 0) is 19.1 Å². The fourth-order valence-electron chi connectivity index (χ4n) is 2.14. The van der Waals surface area contributed by atoms with Gasteiger partial charge in [-0.3, -0.25) is 14.4 Å². The van der Waals surface area contributed by atoms with Gasteiger partial charge in [-0.05, 0) is 31.9 Å². The molecule has 2 amide bonds. The van der Waals surface area contributed by atoms with Crippen molar-refractivity contribution in [3.05, 3.63) is 41.7 Å². The zero-order valence-electron chi connectivity index (χ0n) is 14.7. The van der Waals surface area contributed by atoms with Crippen LogP contribution in [0.5, 0.6) is 0 Å². The van der Waals surface area contributed by atoms with E-state index in [-0.39, 0.29) is 24.6 Å². The van der Waals surface area contributed by atoms with Crippen LogP contribution in [0.1, 0.15) is 30.6 Å². The molecule has 1 aromatic heterocycles. The van der Waals surface area contributed by atoms with E-state index in [4.69, 9.17) is 9.26 Å². The van der Waals surface area contributed by atoms with Crippen molar-refractivity contribution in [2.75, 3.05) is 17.2 Å². The third-order valence-corrected chi connectivity index (χ3v) is 3.46. The van der Waals surface area contributed by atoms with Gasteiger partial charge in [0.05, 0.1) is 0 Å². The molecule has 0 saturated carbocycles. The van der Waals surface area contributed by atoms with Crippen molar-refractivity contribution in [3.8, 4) is 0 Å². The molecule has 0 spiro atoms. The number of aryl methyl sites for hydroxylation is 2. The summed E-state index contributed by atoms with van der Waals surface area (Å²) in [4.78, 5) is 35.1. The summed E-state index contributed by atoms with van der Waals surface area (Å²) in [6, 6.07) is 8.99. The van der Waals surface area contributed by atoms with Crippen LogP contribution >= 0.6 is 0 Å². The molecule has 0 aliphatic heterocycles. The maximum atomic E-state index is 11.9. The predicted molar refractivity (Wildman–Crippen MR) is 94.5 cm³/mol. The number of rotatable bonds is 8. The van der Waals surface area contributed by atoms with Crippen LogP contribution in [0.25, 0.3) is 0 Å². The van der Waals surface area contributed by atoms with Crippen LogP contribution in [-0.4, -0.2) is 29.5 Å². The standard InChI is InChI=1S/C18H21N3O5/c1-12-6-3-4-7-14(12)19-16(22)8-5-9-18(24)25-11-17(23)20-15-10-13(2)26-21-15/h3-4,6-7,10H,5,8-9,11H2,1-2H3,(H,19,22)(H,20,21,23). The van der Waals surface area contributed by atoms with E-state index in [0.717, 1.165) is 11.3 Å². The highest BCUT2D eigenvalue weighted by Crippen LogP contribution is 2.14. The lowest BCUT2D eigenvalue weighted by Crippen LogP contribution is -2.21. The maximum Gasteiger partial charge on any atom is 0.306 e. The fourth-order valence-corrected chi connectivity index (χ4v) is 2.14. The first-order valence-corrected chi connectivity index (χ1v) is 8.18. The van der Waals surface area contributed by atoms with Gasteiger partial charge in [-0.1, -0.05) is 23.4 Å². The van der Waals surface area contributed by atoms with Crippen molar-refractivity contribution in [2.24, 2.45) is 0 Å². The number of hydrogen-bond donors (Lipinski definition) is 2. The van der Waals surface area contributed by atoms with Crippen LogP contribution in [0.15, 0.2) is 34.9 Å². The number of amides is 2. The topological polar surface area (TPSA) is 111 Å². The SMILES string of the molecule is Cc1cc(NC(=O)COC(=O)CCCC(=O)Nc2ccccc2C)no1. The summed E-state index contributed by atoms with van der Waals surface area (Å²) in [6.07, 6.45) is 0.575. The minimum atomic E-state index is -0.542. The minimum Gasteiger partial charge on any atom is -0.456 e. The lowest BCUT2D eigenvalue weighted by molar-refractivity contribution is -0.147. The van der Waals surface area contributed by atoms with E-state index < -0.39 is 18.5 Å². The van der Waals surface area contributed by atoms with Crippen molar-refractivity contribution in [3.63, 3.8) is 0 Å². The van der Waals surface area contributed by atoms with Gasteiger partial charge in [0.25, 0.3) is 5.91 Å². The summed E-state index contributed by atoms with van der Waals surface area (Å²) >= 11 is 0. The van der Waals surface area contributed by atoms with E-state index in [1.54, 1.807) is 13.0 Å². The summed E-state index contributed by atoms with van der Waals surface area (Å²) in [6.45, 7) is 3.18. The second-order valence-electron chi connectivity index (χ2n) is 5.75. The molecule has 1 aromatic carbocycles. The van der Waals surface area contributed by atoms with E-state index in [2.05, 4.69) is 15.8 Å². The summed E-state index contributed by atoms with van der Waals surface area (Å²) in [5.41, 5.74) is 1.72. The number of nitrogens with one attached hydrogen (secondary N) is 2. The molecular formula is C18H21N3O5.